The van der Waals surface area contributed by atoms with Gasteiger partial charge in [0.05, 0.1) is 12.1 Å². The predicted molar refractivity (Wildman–Crippen MR) is 123 cm³/mol. The molecule has 6 heteroatoms. The minimum Gasteiger partial charge on any atom is -0.369 e. The average Bonchev–Trinajstić information content (AvgIpc) is 3.49. The Morgan fingerprint density at radius 3 is 2.39 bits per heavy atom. The van der Waals surface area contributed by atoms with E-state index >= 15 is 0 Å². The van der Waals surface area contributed by atoms with Crippen molar-refractivity contribution in [1.29, 1.82) is 0 Å². The first-order chi connectivity index (χ1) is 15.2. The number of hydrogen-bond donors (Lipinski definition) is 0. The molecule has 1 aromatic heterocycles. The molecule has 0 amide bonds. The molecule has 1 aliphatic carbocycles. The van der Waals surface area contributed by atoms with Gasteiger partial charge < -0.3 is 4.90 Å². The van der Waals surface area contributed by atoms with E-state index in [4.69, 9.17) is 0 Å². The zero-order valence-corrected chi connectivity index (χ0v) is 18.6. The lowest BCUT2D eigenvalue weighted by Gasteiger charge is -2.40. The Morgan fingerprint density at radius 1 is 0.903 bits per heavy atom. The van der Waals surface area contributed by atoms with Crippen LogP contribution in [0.25, 0.3) is 0 Å². The maximum atomic E-state index is 4.56. The molecule has 2 aromatic carbocycles. The Hall–Kier alpha value is -2.73. The standard InChI is InChI=1S/C25H32N6/c1-19-12-13-20(2)23(18-19)29-14-16-30(17-15-29)24(21-8-4-3-5-9-21)25-26-27-28-31(25)22-10-6-7-11-22/h3-5,8-9,12-13,18,22,24H,6-7,10-11,14-17H2,1-2H3. The third-order valence-electron chi connectivity index (χ3n) is 6.93. The molecular weight excluding hydrogens is 384 g/mol. The van der Waals surface area contributed by atoms with Crippen LogP contribution in [0, 0.1) is 13.8 Å². The molecule has 1 atom stereocenters. The topological polar surface area (TPSA) is 50.1 Å². The fourth-order valence-corrected chi connectivity index (χ4v) is 5.23. The van der Waals surface area contributed by atoms with E-state index in [0.29, 0.717) is 6.04 Å². The zero-order chi connectivity index (χ0) is 21.2. The van der Waals surface area contributed by atoms with E-state index in [0.717, 1.165) is 32.0 Å². The normalized spacial score (nSPS) is 19.1. The van der Waals surface area contributed by atoms with Gasteiger partial charge >= 0.3 is 0 Å². The van der Waals surface area contributed by atoms with Crippen LogP contribution in [0.2, 0.25) is 0 Å². The number of piperazine rings is 1. The van der Waals surface area contributed by atoms with E-state index in [1.54, 1.807) is 0 Å². The fourth-order valence-electron chi connectivity index (χ4n) is 5.23. The van der Waals surface area contributed by atoms with Crippen molar-refractivity contribution in [1.82, 2.24) is 25.1 Å². The number of rotatable bonds is 5. The van der Waals surface area contributed by atoms with Crippen molar-refractivity contribution in [2.24, 2.45) is 0 Å². The van der Waals surface area contributed by atoms with E-state index in [9.17, 15) is 0 Å². The highest BCUT2D eigenvalue weighted by atomic mass is 15.6. The zero-order valence-electron chi connectivity index (χ0n) is 18.6. The van der Waals surface area contributed by atoms with Gasteiger partial charge in [-0.3, -0.25) is 4.90 Å². The SMILES string of the molecule is Cc1ccc(C)c(N2CCN(C(c3ccccc3)c3nnnn3C3CCCC3)CC2)c1. The molecule has 1 saturated carbocycles. The van der Waals surface area contributed by atoms with E-state index < -0.39 is 0 Å². The van der Waals surface area contributed by atoms with Crippen molar-refractivity contribution in [2.75, 3.05) is 31.1 Å². The van der Waals surface area contributed by atoms with Crippen molar-refractivity contribution in [2.45, 2.75) is 51.6 Å². The van der Waals surface area contributed by atoms with Gasteiger partial charge in [0.1, 0.15) is 0 Å². The molecule has 2 fully saturated rings. The monoisotopic (exact) mass is 416 g/mol. The Morgan fingerprint density at radius 2 is 1.65 bits per heavy atom. The summed E-state index contributed by atoms with van der Waals surface area (Å²) < 4.78 is 2.13. The maximum absolute atomic E-state index is 4.56. The Bertz CT molecular complexity index is 1000. The highest BCUT2D eigenvalue weighted by Gasteiger charge is 2.33. The van der Waals surface area contributed by atoms with Crippen molar-refractivity contribution >= 4 is 5.69 Å². The van der Waals surface area contributed by atoms with Crippen LogP contribution in [0.15, 0.2) is 48.5 Å². The summed E-state index contributed by atoms with van der Waals surface area (Å²) in [6, 6.07) is 18.1. The van der Waals surface area contributed by atoms with Gasteiger partial charge in [-0.15, -0.1) is 5.10 Å². The highest BCUT2D eigenvalue weighted by molar-refractivity contribution is 5.55. The quantitative estimate of drug-likeness (QED) is 0.620. The summed E-state index contributed by atoms with van der Waals surface area (Å²) in [5.41, 5.74) is 5.31. The second kappa shape index (κ2) is 8.79. The lowest BCUT2D eigenvalue weighted by atomic mass is 10.0. The Kier molecular flexibility index (Phi) is 5.72. The van der Waals surface area contributed by atoms with Gasteiger partial charge in [-0.2, -0.15) is 0 Å². The van der Waals surface area contributed by atoms with Gasteiger partial charge in [-0.25, -0.2) is 4.68 Å². The van der Waals surface area contributed by atoms with Gasteiger partial charge in [0.2, 0.25) is 0 Å². The summed E-state index contributed by atoms with van der Waals surface area (Å²) >= 11 is 0. The predicted octanol–water partition coefficient (Wildman–Crippen LogP) is 4.32. The lowest BCUT2D eigenvalue weighted by Crippen LogP contribution is -2.48. The van der Waals surface area contributed by atoms with Crippen LogP contribution in [-0.4, -0.2) is 51.3 Å². The summed E-state index contributed by atoms with van der Waals surface area (Å²) in [6.07, 6.45) is 4.91. The molecule has 0 N–H and O–H groups in total. The third-order valence-corrected chi connectivity index (χ3v) is 6.93. The Balaban J connectivity index is 1.42. The van der Waals surface area contributed by atoms with Gasteiger partial charge in [0, 0.05) is 31.9 Å². The number of anilines is 1. The first-order valence-electron chi connectivity index (χ1n) is 11.6. The molecular formula is C25H32N6. The molecule has 1 aliphatic heterocycles. The molecule has 5 rings (SSSR count). The number of benzene rings is 2. The van der Waals surface area contributed by atoms with Gasteiger partial charge in [-0.1, -0.05) is 55.3 Å². The molecule has 2 aliphatic rings. The molecule has 0 bridgehead atoms. The highest BCUT2D eigenvalue weighted by Crippen LogP contribution is 2.35. The summed E-state index contributed by atoms with van der Waals surface area (Å²) in [5.74, 6) is 0.998. The summed E-state index contributed by atoms with van der Waals surface area (Å²) in [5, 5.41) is 13.1. The minimum absolute atomic E-state index is 0.0950. The molecule has 162 valence electrons. The third kappa shape index (κ3) is 4.09. The molecule has 6 nitrogen and oxygen atoms in total. The number of hydrogen-bond acceptors (Lipinski definition) is 5. The van der Waals surface area contributed by atoms with Crippen LogP contribution in [-0.2, 0) is 0 Å². The van der Waals surface area contributed by atoms with Crippen LogP contribution >= 0.6 is 0 Å². The molecule has 2 heterocycles. The number of aryl methyl sites for hydroxylation is 2. The molecule has 1 unspecified atom stereocenters. The van der Waals surface area contributed by atoms with E-state index in [1.165, 1.54) is 48.1 Å². The van der Waals surface area contributed by atoms with Crippen molar-refractivity contribution in [3.63, 3.8) is 0 Å². The van der Waals surface area contributed by atoms with Gasteiger partial charge in [0.25, 0.3) is 0 Å². The van der Waals surface area contributed by atoms with Crippen LogP contribution in [0.1, 0.15) is 60.3 Å². The van der Waals surface area contributed by atoms with E-state index in [1.807, 2.05) is 0 Å². The number of tetrazole rings is 1. The van der Waals surface area contributed by atoms with Crippen molar-refractivity contribution in [3.05, 3.63) is 71.0 Å². The average molecular weight is 417 g/mol. The second-order valence-electron chi connectivity index (χ2n) is 9.05. The molecule has 31 heavy (non-hydrogen) atoms. The second-order valence-corrected chi connectivity index (χ2v) is 9.05. The van der Waals surface area contributed by atoms with Crippen LogP contribution in [0.3, 0.4) is 0 Å². The van der Waals surface area contributed by atoms with Crippen LogP contribution < -0.4 is 4.90 Å². The van der Waals surface area contributed by atoms with Gasteiger partial charge in [0.15, 0.2) is 5.82 Å². The molecule has 1 saturated heterocycles. The fraction of sp³-hybridized carbons (Fsp3) is 0.480. The summed E-state index contributed by atoms with van der Waals surface area (Å²) in [7, 11) is 0. The lowest BCUT2D eigenvalue weighted by molar-refractivity contribution is 0.197. The largest absolute Gasteiger partial charge is 0.369 e. The number of aromatic nitrogens is 4. The van der Waals surface area contributed by atoms with E-state index in [2.05, 4.69) is 92.4 Å². The smallest absolute Gasteiger partial charge is 0.173 e. The van der Waals surface area contributed by atoms with Gasteiger partial charge in [-0.05, 0) is 59.9 Å². The van der Waals surface area contributed by atoms with Crippen LogP contribution in [0.4, 0.5) is 5.69 Å². The number of nitrogens with zero attached hydrogens (tertiary/aromatic N) is 6. The Labute approximate surface area is 184 Å². The van der Waals surface area contributed by atoms with Crippen LogP contribution in [0.5, 0.6) is 0 Å². The minimum atomic E-state index is 0.0950. The maximum Gasteiger partial charge on any atom is 0.173 e. The van der Waals surface area contributed by atoms with Crippen molar-refractivity contribution in [3.8, 4) is 0 Å². The van der Waals surface area contributed by atoms with Crippen molar-refractivity contribution < 1.29 is 0 Å². The van der Waals surface area contributed by atoms with E-state index in [-0.39, 0.29) is 6.04 Å². The first kappa shape index (κ1) is 20.2. The first-order valence-corrected chi connectivity index (χ1v) is 11.6. The summed E-state index contributed by atoms with van der Waals surface area (Å²) in [6.45, 7) is 8.39. The molecule has 3 aromatic rings. The molecule has 0 radical (unpaired) electrons. The summed E-state index contributed by atoms with van der Waals surface area (Å²) in [4.78, 5) is 5.09. The molecule has 0 spiro atoms.